The summed E-state index contributed by atoms with van der Waals surface area (Å²) in [5, 5.41) is 3.56. The molecule has 0 spiro atoms. The van der Waals surface area contributed by atoms with Crippen LogP contribution >= 0.6 is 0 Å². The van der Waals surface area contributed by atoms with Crippen molar-refractivity contribution in [1.82, 2.24) is 15.1 Å². The fourth-order valence-electron chi connectivity index (χ4n) is 4.09. The van der Waals surface area contributed by atoms with Crippen molar-refractivity contribution >= 4 is 5.91 Å². The summed E-state index contributed by atoms with van der Waals surface area (Å²) < 4.78 is 0. The summed E-state index contributed by atoms with van der Waals surface area (Å²) in [5.74, 6) is 0.311. The summed E-state index contributed by atoms with van der Waals surface area (Å²) in [5.41, 5.74) is 0. The molecule has 0 saturated carbocycles. The first-order valence-corrected chi connectivity index (χ1v) is 8.84. The molecule has 2 fully saturated rings. The first-order valence-electron chi connectivity index (χ1n) is 8.84. The Labute approximate surface area is 130 Å². The first kappa shape index (κ1) is 16.8. The molecule has 2 aliphatic heterocycles. The largest absolute Gasteiger partial charge is 0.340 e. The number of nitrogens with one attached hydrogen (secondary N) is 1. The second-order valence-electron chi connectivity index (χ2n) is 6.92. The van der Waals surface area contributed by atoms with Crippen molar-refractivity contribution in [3.05, 3.63) is 0 Å². The van der Waals surface area contributed by atoms with Crippen LogP contribution in [0.2, 0.25) is 0 Å². The molecule has 122 valence electrons. The van der Waals surface area contributed by atoms with Crippen LogP contribution < -0.4 is 5.32 Å². The van der Waals surface area contributed by atoms with E-state index in [1.165, 1.54) is 32.1 Å². The number of amides is 1. The average Bonchev–Trinajstić information content (AvgIpc) is 2.83. The molecular formula is C17H33N3O. The molecule has 0 bridgehead atoms. The van der Waals surface area contributed by atoms with Gasteiger partial charge in [-0.3, -0.25) is 9.69 Å². The van der Waals surface area contributed by atoms with Gasteiger partial charge in [0.25, 0.3) is 0 Å². The minimum atomic E-state index is 0.0149. The molecular weight excluding hydrogens is 262 g/mol. The highest BCUT2D eigenvalue weighted by Gasteiger charge is 2.36. The van der Waals surface area contributed by atoms with Gasteiger partial charge < -0.3 is 10.2 Å². The lowest BCUT2D eigenvalue weighted by molar-refractivity contribution is -0.137. The molecule has 0 aliphatic carbocycles. The van der Waals surface area contributed by atoms with Gasteiger partial charge in [-0.05, 0) is 59.9 Å². The van der Waals surface area contributed by atoms with E-state index < -0.39 is 0 Å². The monoisotopic (exact) mass is 295 g/mol. The Kier molecular flexibility index (Phi) is 6.06. The number of hydrogen-bond donors (Lipinski definition) is 1. The van der Waals surface area contributed by atoms with Crippen molar-refractivity contribution in [3.63, 3.8) is 0 Å². The average molecular weight is 295 g/mol. The molecule has 1 amide bonds. The number of piperidine rings is 1. The zero-order valence-corrected chi connectivity index (χ0v) is 14.3. The van der Waals surface area contributed by atoms with E-state index in [0.29, 0.717) is 24.0 Å². The van der Waals surface area contributed by atoms with E-state index in [4.69, 9.17) is 0 Å². The van der Waals surface area contributed by atoms with Crippen molar-refractivity contribution in [1.29, 1.82) is 0 Å². The summed E-state index contributed by atoms with van der Waals surface area (Å²) in [6, 6.07) is 1.57. The third kappa shape index (κ3) is 3.98. The first-order chi connectivity index (χ1) is 10.0. The number of rotatable bonds is 5. The van der Waals surface area contributed by atoms with Crippen LogP contribution in [-0.4, -0.2) is 59.5 Å². The molecule has 21 heavy (non-hydrogen) atoms. The number of hydrogen-bond acceptors (Lipinski definition) is 3. The lowest BCUT2D eigenvalue weighted by Gasteiger charge is -2.36. The Morgan fingerprint density at radius 3 is 2.43 bits per heavy atom. The Morgan fingerprint density at radius 1 is 1.24 bits per heavy atom. The van der Waals surface area contributed by atoms with Gasteiger partial charge in [0, 0.05) is 31.2 Å². The molecule has 1 N–H and O–H groups in total. The van der Waals surface area contributed by atoms with Crippen LogP contribution in [0.25, 0.3) is 0 Å². The second kappa shape index (κ2) is 7.59. The van der Waals surface area contributed by atoms with E-state index in [2.05, 4.69) is 42.8 Å². The van der Waals surface area contributed by atoms with E-state index >= 15 is 0 Å². The highest BCUT2D eigenvalue weighted by Crippen LogP contribution is 2.26. The topological polar surface area (TPSA) is 35.6 Å². The number of likely N-dealkylation sites (N-methyl/N-ethyl adjacent to an activating group) is 1. The van der Waals surface area contributed by atoms with Crippen molar-refractivity contribution < 1.29 is 4.79 Å². The highest BCUT2D eigenvalue weighted by atomic mass is 16.2. The highest BCUT2D eigenvalue weighted by molar-refractivity contribution is 5.81. The van der Waals surface area contributed by atoms with Gasteiger partial charge in [0.05, 0.1) is 6.04 Å². The van der Waals surface area contributed by atoms with E-state index in [1.54, 1.807) is 0 Å². The summed E-state index contributed by atoms with van der Waals surface area (Å²) in [7, 11) is 0. The third-order valence-corrected chi connectivity index (χ3v) is 5.37. The fraction of sp³-hybridized carbons (Fsp3) is 0.941. The van der Waals surface area contributed by atoms with Gasteiger partial charge in [0.15, 0.2) is 0 Å². The Hall–Kier alpha value is -0.610. The summed E-state index contributed by atoms with van der Waals surface area (Å²) in [4.78, 5) is 17.4. The van der Waals surface area contributed by atoms with E-state index in [-0.39, 0.29) is 6.04 Å². The van der Waals surface area contributed by atoms with E-state index in [0.717, 1.165) is 19.6 Å². The lowest BCUT2D eigenvalue weighted by atomic mass is 10.0. The number of nitrogens with zero attached hydrogens (tertiary/aromatic N) is 2. The van der Waals surface area contributed by atoms with Crippen molar-refractivity contribution in [2.24, 2.45) is 0 Å². The van der Waals surface area contributed by atoms with Crippen LogP contribution in [0.1, 0.15) is 59.8 Å². The quantitative estimate of drug-likeness (QED) is 0.845. The summed E-state index contributed by atoms with van der Waals surface area (Å²) >= 11 is 0. The van der Waals surface area contributed by atoms with E-state index in [1.807, 2.05) is 0 Å². The van der Waals surface area contributed by atoms with Crippen LogP contribution in [0.3, 0.4) is 0 Å². The van der Waals surface area contributed by atoms with Crippen LogP contribution in [0, 0.1) is 0 Å². The molecule has 0 aromatic rings. The SMILES string of the molecule is CCN(CC1CCCCN1)C(=O)C(C)N1C(C)CCC1C. The molecule has 0 aromatic heterocycles. The Bertz CT molecular complexity index is 331. The predicted octanol–water partition coefficient (Wildman–Crippen LogP) is 2.24. The van der Waals surface area contributed by atoms with Crippen LogP contribution in [-0.2, 0) is 4.79 Å². The maximum atomic E-state index is 12.9. The molecule has 4 unspecified atom stereocenters. The molecule has 2 aliphatic rings. The van der Waals surface area contributed by atoms with Gasteiger partial charge in [0.1, 0.15) is 0 Å². The maximum absolute atomic E-state index is 12.9. The van der Waals surface area contributed by atoms with Gasteiger partial charge in [-0.15, -0.1) is 0 Å². The fourth-order valence-corrected chi connectivity index (χ4v) is 4.09. The number of likely N-dealkylation sites (tertiary alicyclic amines) is 1. The molecule has 0 radical (unpaired) electrons. The molecule has 4 atom stereocenters. The number of carbonyl (C=O) groups is 1. The van der Waals surface area contributed by atoms with Gasteiger partial charge in [-0.2, -0.15) is 0 Å². The standard InChI is InChI=1S/C17H33N3O/c1-5-19(12-16-8-6-7-11-18-16)17(21)15(4)20-13(2)9-10-14(20)3/h13-16,18H,5-12H2,1-4H3. The number of carbonyl (C=O) groups excluding carboxylic acids is 1. The minimum Gasteiger partial charge on any atom is -0.340 e. The molecule has 0 aromatic carbocycles. The minimum absolute atomic E-state index is 0.0149. The predicted molar refractivity (Wildman–Crippen MR) is 87.4 cm³/mol. The van der Waals surface area contributed by atoms with E-state index in [9.17, 15) is 4.79 Å². The van der Waals surface area contributed by atoms with Crippen LogP contribution in [0.15, 0.2) is 0 Å². The lowest BCUT2D eigenvalue weighted by Crippen LogP contribution is -2.53. The zero-order chi connectivity index (χ0) is 15.4. The maximum Gasteiger partial charge on any atom is 0.239 e. The van der Waals surface area contributed by atoms with Crippen LogP contribution in [0.4, 0.5) is 0 Å². The zero-order valence-electron chi connectivity index (χ0n) is 14.3. The van der Waals surface area contributed by atoms with Gasteiger partial charge in [-0.25, -0.2) is 0 Å². The van der Waals surface area contributed by atoms with Crippen molar-refractivity contribution in [2.45, 2.75) is 84.0 Å². The Morgan fingerprint density at radius 2 is 1.90 bits per heavy atom. The van der Waals surface area contributed by atoms with Crippen LogP contribution in [0.5, 0.6) is 0 Å². The van der Waals surface area contributed by atoms with Crippen molar-refractivity contribution in [2.75, 3.05) is 19.6 Å². The van der Waals surface area contributed by atoms with Crippen molar-refractivity contribution in [3.8, 4) is 0 Å². The summed E-state index contributed by atoms with van der Waals surface area (Å²) in [6.45, 7) is 11.5. The van der Waals surface area contributed by atoms with Gasteiger partial charge in [0.2, 0.25) is 5.91 Å². The third-order valence-electron chi connectivity index (χ3n) is 5.37. The normalized spacial score (nSPS) is 32.1. The second-order valence-corrected chi connectivity index (χ2v) is 6.92. The molecule has 4 nitrogen and oxygen atoms in total. The van der Waals surface area contributed by atoms with Gasteiger partial charge >= 0.3 is 0 Å². The summed E-state index contributed by atoms with van der Waals surface area (Å²) in [6.07, 6.45) is 6.20. The molecule has 2 rings (SSSR count). The molecule has 2 saturated heterocycles. The van der Waals surface area contributed by atoms with Gasteiger partial charge in [-0.1, -0.05) is 6.42 Å². The Balaban J connectivity index is 1.94. The molecule has 2 heterocycles. The molecule has 4 heteroatoms. The smallest absolute Gasteiger partial charge is 0.239 e.